The molecule has 0 radical (unpaired) electrons. The van der Waals surface area contributed by atoms with Crippen molar-refractivity contribution in [3.63, 3.8) is 0 Å². The minimum absolute atomic E-state index is 0.134. The molecule has 1 amide bonds. The molecule has 0 aliphatic rings. The minimum atomic E-state index is -0.229. The number of nitrogens with one attached hydrogen (secondary N) is 1. The third kappa shape index (κ3) is 4.50. The second kappa shape index (κ2) is 7.86. The van der Waals surface area contributed by atoms with Crippen molar-refractivity contribution in [2.45, 2.75) is 12.1 Å². The van der Waals surface area contributed by atoms with E-state index in [0.29, 0.717) is 20.9 Å². The SMILES string of the molecule is Cc1ccc(-n2nnnc2SCC(=O)Nc2cc(Cl)ccc2Cl)cc1. The number of carbonyl (C=O) groups excluding carboxylic acids is 1. The van der Waals surface area contributed by atoms with Crippen LogP contribution in [0.25, 0.3) is 5.69 Å². The van der Waals surface area contributed by atoms with Gasteiger partial charge in [0.25, 0.3) is 0 Å². The van der Waals surface area contributed by atoms with Gasteiger partial charge in [0.1, 0.15) is 0 Å². The lowest BCUT2D eigenvalue weighted by atomic mass is 10.2. The number of aromatic nitrogens is 4. The van der Waals surface area contributed by atoms with Gasteiger partial charge in [-0.15, -0.1) is 5.10 Å². The van der Waals surface area contributed by atoms with Gasteiger partial charge in [0, 0.05) is 5.02 Å². The molecule has 25 heavy (non-hydrogen) atoms. The van der Waals surface area contributed by atoms with E-state index >= 15 is 0 Å². The molecule has 1 aromatic heterocycles. The Labute approximate surface area is 158 Å². The zero-order chi connectivity index (χ0) is 17.8. The van der Waals surface area contributed by atoms with E-state index in [9.17, 15) is 4.79 Å². The van der Waals surface area contributed by atoms with Crippen molar-refractivity contribution in [1.29, 1.82) is 0 Å². The topological polar surface area (TPSA) is 72.7 Å². The lowest BCUT2D eigenvalue weighted by Gasteiger charge is -2.08. The summed E-state index contributed by atoms with van der Waals surface area (Å²) in [4.78, 5) is 12.2. The quantitative estimate of drug-likeness (QED) is 0.662. The van der Waals surface area contributed by atoms with Gasteiger partial charge in [-0.3, -0.25) is 4.79 Å². The van der Waals surface area contributed by atoms with E-state index in [0.717, 1.165) is 11.3 Å². The summed E-state index contributed by atoms with van der Waals surface area (Å²) < 4.78 is 1.59. The lowest BCUT2D eigenvalue weighted by molar-refractivity contribution is -0.113. The molecule has 9 heteroatoms. The normalized spacial score (nSPS) is 10.7. The van der Waals surface area contributed by atoms with Gasteiger partial charge in [-0.05, 0) is 47.7 Å². The van der Waals surface area contributed by atoms with Crippen LogP contribution in [0.15, 0.2) is 47.6 Å². The Hall–Kier alpha value is -2.09. The fourth-order valence-corrected chi connectivity index (χ4v) is 3.05. The largest absolute Gasteiger partial charge is 0.324 e. The number of thioether (sulfide) groups is 1. The van der Waals surface area contributed by atoms with E-state index in [1.165, 1.54) is 11.8 Å². The summed E-state index contributed by atoms with van der Waals surface area (Å²) in [5.41, 5.74) is 2.44. The van der Waals surface area contributed by atoms with Crippen LogP contribution in [0.3, 0.4) is 0 Å². The minimum Gasteiger partial charge on any atom is -0.324 e. The van der Waals surface area contributed by atoms with Gasteiger partial charge in [-0.25, -0.2) is 0 Å². The van der Waals surface area contributed by atoms with Gasteiger partial charge in [0.15, 0.2) is 0 Å². The first-order valence-corrected chi connectivity index (χ1v) is 9.00. The van der Waals surface area contributed by atoms with Crippen LogP contribution in [-0.2, 0) is 4.79 Å². The number of hydrogen-bond donors (Lipinski definition) is 1. The Kier molecular flexibility index (Phi) is 5.57. The molecule has 0 atom stereocenters. The van der Waals surface area contributed by atoms with E-state index in [4.69, 9.17) is 23.2 Å². The number of amides is 1. The molecule has 6 nitrogen and oxygen atoms in total. The predicted octanol–water partition coefficient (Wildman–Crippen LogP) is 4.01. The highest BCUT2D eigenvalue weighted by atomic mass is 35.5. The highest BCUT2D eigenvalue weighted by Crippen LogP contribution is 2.26. The van der Waals surface area contributed by atoms with Gasteiger partial charge in [-0.2, -0.15) is 4.68 Å². The fourth-order valence-electron chi connectivity index (χ4n) is 2.03. The van der Waals surface area contributed by atoms with Crippen LogP contribution in [0.1, 0.15) is 5.56 Å². The summed E-state index contributed by atoms with van der Waals surface area (Å²) in [6, 6.07) is 12.7. The number of halogens is 2. The van der Waals surface area contributed by atoms with Crippen LogP contribution >= 0.6 is 35.0 Å². The summed E-state index contributed by atoms with van der Waals surface area (Å²) in [5.74, 6) is -0.0950. The molecule has 3 rings (SSSR count). The van der Waals surface area contributed by atoms with Crippen molar-refractivity contribution in [2.75, 3.05) is 11.1 Å². The maximum absolute atomic E-state index is 12.2. The molecular weight excluding hydrogens is 381 g/mol. The second-order valence-corrected chi connectivity index (χ2v) is 6.96. The number of anilines is 1. The zero-order valence-electron chi connectivity index (χ0n) is 13.1. The molecule has 0 aliphatic heterocycles. The second-order valence-electron chi connectivity index (χ2n) is 5.17. The van der Waals surface area contributed by atoms with Crippen molar-refractivity contribution < 1.29 is 4.79 Å². The number of carbonyl (C=O) groups is 1. The molecule has 0 spiro atoms. The molecule has 2 aromatic carbocycles. The molecular formula is C16H13Cl2N5OS. The summed E-state index contributed by atoms with van der Waals surface area (Å²) in [5, 5.41) is 15.8. The van der Waals surface area contributed by atoms with Crippen molar-refractivity contribution in [1.82, 2.24) is 20.2 Å². The highest BCUT2D eigenvalue weighted by molar-refractivity contribution is 7.99. The molecule has 3 aromatic rings. The van der Waals surface area contributed by atoms with Crippen molar-refractivity contribution >= 4 is 46.6 Å². The van der Waals surface area contributed by atoms with Crippen LogP contribution in [-0.4, -0.2) is 31.9 Å². The molecule has 0 aliphatic carbocycles. The summed E-state index contributed by atoms with van der Waals surface area (Å²) >= 11 is 13.2. The number of hydrogen-bond acceptors (Lipinski definition) is 5. The van der Waals surface area contributed by atoms with Crippen LogP contribution in [0, 0.1) is 6.92 Å². The third-order valence-electron chi connectivity index (χ3n) is 3.25. The van der Waals surface area contributed by atoms with E-state index in [1.54, 1.807) is 22.9 Å². The van der Waals surface area contributed by atoms with Gasteiger partial charge in [0.05, 0.1) is 22.2 Å². The van der Waals surface area contributed by atoms with Crippen LogP contribution in [0.2, 0.25) is 10.0 Å². The standard InChI is InChI=1S/C16H13Cl2N5OS/c1-10-2-5-12(6-3-10)23-16(20-21-22-23)25-9-15(24)19-14-8-11(17)4-7-13(14)18/h2-8H,9H2,1H3,(H,19,24). The number of tetrazole rings is 1. The summed E-state index contributed by atoms with van der Waals surface area (Å²) in [6.07, 6.45) is 0. The number of benzene rings is 2. The molecule has 0 unspecified atom stereocenters. The van der Waals surface area contributed by atoms with Gasteiger partial charge in [0.2, 0.25) is 11.1 Å². The first kappa shape index (κ1) is 17.7. The molecule has 1 N–H and O–H groups in total. The monoisotopic (exact) mass is 393 g/mol. The fraction of sp³-hybridized carbons (Fsp3) is 0.125. The van der Waals surface area contributed by atoms with Crippen LogP contribution in [0.4, 0.5) is 5.69 Å². The average Bonchev–Trinajstić information content (AvgIpc) is 3.05. The molecule has 0 saturated carbocycles. The Balaban J connectivity index is 1.66. The molecule has 128 valence electrons. The number of nitrogens with zero attached hydrogens (tertiary/aromatic N) is 4. The van der Waals surface area contributed by atoms with Crippen LogP contribution in [0.5, 0.6) is 0 Å². The van der Waals surface area contributed by atoms with E-state index < -0.39 is 0 Å². The van der Waals surface area contributed by atoms with Crippen molar-refractivity contribution in [3.8, 4) is 5.69 Å². The maximum Gasteiger partial charge on any atom is 0.234 e. The number of rotatable bonds is 5. The van der Waals surface area contributed by atoms with Gasteiger partial charge in [-0.1, -0.05) is 52.7 Å². The molecule has 1 heterocycles. The van der Waals surface area contributed by atoms with Crippen LogP contribution < -0.4 is 5.32 Å². The van der Waals surface area contributed by atoms with Crippen molar-refractivity contribution in [2.24, 2.45) is 0 Å². The summed E-state index contributed by atoms with van der Waals surface area (Å²) in [6.45, 7) is 2.00. The Morgan fingerprint density at radius 3 is 2.72 bits per heavy atom. The highest BCUT2D eigenvalue weighted by Gasteiger charge is 2.12. The number of aryl methyl sites for hydroxylation is 1. The smallest absolute Gasteiger partial charge is 0.234 e. The van der Waals surface area contributed by atoms with Gasteiger partial charge < -0.3 is 5.32 Å². The molecule has 0 bridgehead atoms. The van der Waals surface area contributed by atoms with E-state index in [2.05, 4.69) is 20.8 Å². The average molecular weight is 394 g/mol. The Bertz CT molecular complexity index is 898. The maximum atomic E-state index is 12.2. The van der Waals surface area contributed by atoms with E-state index in [-0.39, 0.29) is 11.7 Å². The third-order valence-corrected chi connectivity index (χ3v) is 4.74. The predicted molar refractivity (Wildman–Crippen MR) is 99.7 cm³/mol. The Morgan fingerprint density at radius 2 is 1.96 bits per heavy atom. The first-order chi connectivity index (χ1) is 12.0. The molecule has 0 fully saturated rings. The van der Waals surface area contributed by atoms with E-state index in [1.807, 2.05) is 31.2 Å². The zero-order valence-corrected chi connectivity index (χ0v) is 15.4. The molecule has 0 saturated heterocycles. The van der Waals surface area contributed by atoms with Gasteiger partial charge >= 0.3 is 0 Å². The van der Waals surface area contributed by atoms with Crippen molar-refractivity contribution in [3.05, 3.63) is 58.1 Å². The summed E-state index contributed by atoms with van der Waals surface area (Å²) in [7, 11) is 0. The lowest BCUT2D eigenvalue weighted by Crippen LogP contribution is -2.15. The Morgan fingerprint density at radius 1 is 1.20 bits per heavy atom. The first-order valence-electron chi connectivity index (χ1n) is 7.26.